The maximum atomic E-state index is 12.7. The molecule has 0 radical (unpaired) electrons. The molecular weight excluding hydrogens is 380 g/mol. The lowest BCUT2D eigenvalue weighted by molar-refractivity contribution is -0.140. The second-order valence-electron chi connectivity index (χ2n) is 7.60. The number of methoxy groups -OCH3 is 1. The van der Waals surface area contributed by atoms with Crippen LogP contribution >= 0.6 is 11.6 Å². The third kappa shape index (κ3) is 3.00. The average molecular weight is 403 g/mol. The van der Waals surface area contributed by atoms with E-state index in [1.54, 1.807) is 12.1 Å². The van der Waals surface area contributed by atoms with Crippen LogP contribution < -0.4 is 9.47 Å². The molecule has 6 nitrogen and oxygen atoms in total. The number of hydrogen-bond acceptors (Lipinski definition) is 5. The van der Waals surface area contributed by atoms with Gasteiger partial charge in [0.2, 0.25) is 0 Å². The van der Waals surface area contributed by atoms with Gasteiger partial charge in [0.1, 0.15) is 0 Å². The summed E-state index contributed by atoms with van der Waals surface area (Å²) in [6, 6.07) is 3.41. The highest BCUT2D eigenvalue weighted by Crippen LogP contribution is 2.52. The van der Waals surface area contributed by atoms with E-state index in [2.05, 4.69) is 17.3 Å². The topological polar surface area (TPSA) is 68.2 Å². The largest absolute Gasteiger partial charge is 0.493 e. The van der Waals surface area contributed by atoms with Gasteiger partial charge in [-0.25, -0.2) is 0 Å². The van der Waals surface area contributed by atoms with Crippen LogP contribution in [0, 0.1) is 23.7 Å². The van der Waals surface area contributed by atoms with Gasteiger partial charge in [-0.05, 0) is 49.3 Å². The number of allylic oxidation sites excluding steroid dienone is 2. The van der Waals surface area contributed by atoms with E-state index < -0.39 is 0 Å². The van der Waals surface area contributed by atoms with Crippen LogP contribution in [0.5, 0.6) is 11.5 Å². The normalized spacial score (nSPS) is 29.1. The van der Waals surface area contributed by atoms with E-state index in [1.807, 2.05) is 13.8 Å². The van der Waals surface area contributed by atoms with Crippen LogP contribution in [0.15, 0.2) is 29.4 Å². The number of ether oxygens (including phenoxy) is 2. The number of carbonyl (C=O) groups is 2. The molecule has 2 aliphatic carbocycles. The minimum absolute atomic E-state index is 0.00542. The Labute approximate surface area is 169 Å². The smallest absolute Gasteiger partial charge is 0.254 e. The molecule has 1 aromatic rings. The number of hydrazone groups is 1. The first kappa shape index (κ1) is 19.0. The van der Waals surface area contributed by atoms with Gasteiger partial charge in [-0.2, -0.15) is 10.1 Å². The molecule has 0 aromatic heterocycles. The Kier molecular flexibility index (Phi) is 4.91. The number of benzene rings is 1. The first-order valence-corrected chi connectivity index (χ1v) is 9.96. The van der Waals surface area contributed by atoms with Crippen molar-refractivity contribution < 1.29 is 19.1 Å². The van der Waals surface area contributed by atoms with Crippen LogP contribution in [0.3, 0.4) is 0 Å². The summed E-state index contributed by atoms with van der Waals surface area (Å²) in [6.45, 7) is 3.97. The number of carbonyl (C=O) groups excluding carboxylic acids is 2. The molecule has 2 bridgehead atoms. The molecule has 3 aliphatic rings. The van der Waals surface area contributed by atoms with Crippen LogP contribution in [-0.4, -0.2) is 36.3 Å². The quantitative estimate of drug-likeness (QED) is 0.413. The summed E-state index contributed by atoms with van der Waals surface area (Å²) < 4.78 is 11.2. The van der Waals surface area contributed by atoms with Crippen molar-refractivity contribution in [2.24, 2.45) is 28.8 Å². The maximum absolute atomic E-state index is 12.7. The number of amides is 2. The zero-order valence-corrected chi connectivity index (χ0v) is 16.8. The highest BCUT2D eigenvalue weighted by Gasteiger charge is 2.59. The summed E-state index contributed by atoms with van der Waals surface area (Å²) in [7, 11) is 1.54. The summed E-state index contributed by atoms with van der Waals surface area (Å²) >= 11 is 6.37. The Hall–Kier alpha value is -2.34. The summed E-state index contributed by atoms with van der Waals surface area (Å²) in [5.41, 5.74) is 0.622. The maximum Gasteiger partial charge on any atom is 0.254 e. The van der Waals surface area contributed by atoms with Crippen molar-refractivity contribution in [1.29, 1.82) is 0 Å². The van der Waals surface area contributed by atoms with E-state index in [4.69, 9.17) is 21.1 Å². The van der Waals surface area contributed by atoms with Crippen molar-refractivity contribution in [3.8, 4) is 11.5 Å². The van der Waals surface area contributed by atoms with Crippen molar-refractivity contribution in [1.82, 2.24) is 5.01 Å². The summed E-state index contributed by atoms with van der Waals surface area (Å²) in [5, 5.41) is 5.59. The molecule has 5 atom stereocenters. The fourth-order valence-corrected chi connectivity index (χ4v) is 4.60. The predicted octanol–water partition coefficient (Wildman–Crippen LogP) is 3.67. The number of fused-ring (bicyclic) bond motifs is 5. The van der Waals surface area contributed by atoms with E-state index in [-0.39, 0.29) is 41.6 Å². The first-order valence-electron chi connectivity index (χ1n) is 9.58. The Balaban J connectivity index is 1.56. The van der Waals surface area contributed by atoms with Crippen molar-refractivity contribution in [3.05, 3.63) is 34.9 Å². The molecule has 1 saturated heterocycles. The van der Waals surface area contributed by atoms with E-state index in [9.17, 15) is 9.59 Å². The van der Waals surface area contributed by atoms with Gasteiger partial charge in [0.05, 0.1) is 36.3 Å². The molecule has 0 spiro atoms. The highest BCUT2D eigenvalue weighted by molar-refractivity contribution is 6.32. The SMILES string of the molecule is CC[C@@H](C)Oc1c(Cl)cc(C=NN2C(=O)[C@@H]3[C@H](C2=O)[C@H]2C=C[C@H]3C2)cc1OC. The summed E-state index contributed by atoms with van der Waals surface area (Å²) in [6.07, 6.45) is 7.31. The molecule has 0 N–H and O–H groups in total. The van der Waals surface area contributed by atoms with Gasteiger partial charge in [-0.3, -0.25) is 9.59 Å². The number of imide groups is 1. The molecule has 1 saturated carbocycles. The minimum Gasteiger partial charge on any atom is -0.493 e. The number of halogens is 1. The van der Waals surface area contributed by atoms with Gasteiger partial charge < -0.3 is 9.47 Å². The van der Waals surface area contributed by atoms with Crippen molar-refractivity contribution in [2.45, 2.75) is 32.8 Å². The fourth-order valence-electron chi connectivity index (χ4n) is 4.34. The van der Waals surface area contributed by atoms with Gasteiger partial charge in [-0.1, -0.05) is 30.7 Å². The van der Waals surface area contributed by atoms with Crippen molar-refractivity contribution in [2.75, 3.05) is 7.11 Å². The van der Waals surface area contributed by atoms with Crippen LogP contribution in [-0.2, 0) is 9.59 Å². The van der Waals surface area contributed by atoms with Crippen LogP contribution in [0.25, 0.3) is 0 Å². The third-order valence-corrected chi connectivity index (χ3v) is 6.20. The Morgan fingerprint density at radius 1 is 1.25 bits per heavy atom. The van der Waals surface area contributed by atoms with Gasteiger partial charge in [0.25, 0.3) is 11.8 Å². The molecule has 7 heteroatoms. The van der Waals surface area contributed by atoms with Gasteiger partial charge in [0, 0.05) is 0 Å². The van der Waals surface area contributed by atoms with E-state index >= 15 is 0 Å². The van der Waals surface area contributed by atoms with Crippen LogP contribution in [0.1, 0.15) is 32.3 Å². The monoisotopic (exact) mass is 402 g/mol. The molecule has 28 heavy (non-hydrogen) atoms. The molecule has 1 aliphatic heterocycles. The molecule has 0 unspecified atom stereocenters. The number of rotatable bonds is 6. The second-order valence-corrected chi connectivity index (χ2v) is 8.01. The molecule has 1 aromatic carbocycles. The van der Waals surface area contributed by atoms with Crippen LogP contribution in [0.2, 0.25) is 5.02 Å². The molecule has 4 rings (SSSR count). The molecule has 1 heterocycles. The summed E-state index contributed by atoms with van der Waals surface area (Å²) in [5.74, 6) is 0.342. The van der Waals surface area contributed by atoms with Crippen molar-refractivity contribution in [3.63, 3.8) is 0 Å². The van der Waals surface area contributed by atoms with Gasteiger partial charge in [0.15, 0.2) is 11.5 Å². The third-order valence-electron chi connectivity index (χ3n) is 5.92. The lowest BCUT2D eigenvalue weighted by atomic mass is 9.85. The zero-order valence-electron chi connectivity index (χ0n) is 16.1. The van der Waals surface area contributed by atoms with E-state index in [1.165, 1.54) is 13.3 Å². The van der Waals surface area contributed by atoms with Crippen LogP contribution in [0.4, 0.5) is 0 Å². The minimum atomic E-state index is -0.260. The standard InChI is InChI=1S/C21H23ClN2O4/c1-4-11(2)28-19-15(22)7-12(8-16(19)27-3)10-23-24-20(25)17-13-5-6-14(9-13)18(17)21(24)26/h5-8,10-11,13-14,17-18H,4,9H2,1-3H3/t11-,13+,14+,17-,18+/m1/s1. The zero-order chi connectivity index (χ0) is 20.0. The average Bonchev–Trinajstić information content (AvgIpc) is 3.36. The van der Waals surface area contributed by atoms with E-state index in [0.29, 0.717) is 22.1 Å². The van der Waals surface area contributed by atoms with Gasteiger partial charge in [-0.15, -0.1) is 0 Å². The molecule has 2 amide bonds. The Morgan fingerprint density at radius 3 is 2.46 bits per heavy atom. The predicted molar refractivity (Wildman–Crippen MR) is 106 cm³/mol. The fraction of sp³-hybridized carbons (Fsp3) is 0.476. The van der Waals surface area contributed by atoms with E-state index in [0.717, 1.165) is 17.9 Å². The molecular formula is C21H23ClN2O4. The lowest BCUT2D eigenvalue weighted by Gasteiger charge is -2.17. The number of nitrogens with zero attached hydrogens (tertiary/aromatic N) is 2. The van der Waals surface area contributed by atoms with Gasteiger partial charge >= 0.3 is 0 Å². The first-order chi connectivity index (χ1) is 13.4. The number of hydrogen-bond donors (Lipinski definition) is 0. The lowest BCUT2D eigenvalue weighted by Crippen LogP contribution is -2.28. The Morgan fingerprint density at radius 2 is 1.89 bits per heavy atom. The Bertz CT molecular complexity index is 851. The van der Waals surface area contributed by atoms with Crippen molar-refractivity contribution >= 4 is 29.6 Å². The molecule has 2 fully saturated rings. The summed E-state index contributed by atoms with van der Waals surface area (Å²) in [4.78, 5) is 25.4. The second kappa shape index (κ2) is 7.24. The molecule has 148 valence electrons. The highest BCUT2D eigenvalue weighted by atomic mass is 35.5.